The van der Waals surface area contributed by atoms with Crippen molar-refractivity contribution < 1.29 is 0 Å². The van der Waals surface area contributed by atoms with Gasteiger partial charge in [0.25, 0.3) is 0 Å². The van der Waals surface area contributed by atoms with Crippen molar-refractivity contribution in [1.82, 2.24) is 25.5 Å². The maximum Gasteiger partial charge on any atom is 0.128 e. The van der Waals surface area contributed by atoms with E-state index in [1.807, 2.05) is 0 Å². The highest BCUT2D eigenvalue weighted by Gasteiger charge is 2.45. The third kappa shape index (κ3) is 3.23. The van der Waals surface area contributed by atoms with E-state index in [0.29, 0.717) is 6.04 Å². The van der Waals surface area contributed by atoms with E-state index in [1.165, 1.54) is 47.7 Å². The number of aryl methyl sites for hydroxylation is 2. The first-order valence-electron chi connectivity index (χ1n) is 11.3. The Kier molecular flexibility index (Phi) is 4.23. The largest absolute Gasteiger partial charge is 0.361 e. The molecule has 0 spiro atoms. The predicted octanol–water partition coefficient (Wildman–Crippen LogP) is 3.57. The van der Waals surface area contributed by atoms with Crippen molar-refractivity contribution in [2.45, 2.75) is 52.1 Å². The van der Waals surface area contributed by atoms with Crippen molar-refractivity contribution in [1.29, 1.82) is 0 Å². The van der Waals surface area contributed by atoms with Crippen LogP contribution in [0.4, 0.5) is 5.82 Å². The first kappa shape index (κ1) is 18.2. The smallest absolute Gasteiger partial charge is 0.128 e. The van der Waals surface area contributed by atoms with E-state index in [4.69, 9.17) is 4.98 Å². The Balaban J connectivity index is 1.08. The number of aromatic amines is 2. The molecule has 1 saturated heterocycles. The van der Waals surface area contributed by atoms with Crippen LogP contribution in [0.3, 0.4) is 0 Å². The van der Waals surface area contributed by atoms with Gasteiger partial charge in [0.05, 0.1) is 11.4 Å². The summed E-state index contributed by atoms with van der Waals surface area (Å²) in [7, 11) is 0. The molecule has 30 heavy (non-hydrogen) atoms. The molecule has 1 saturated carbocycles. The molecule has 3 N–H and O–H groups in total. The van der Waals surface area contributed by atoms with Gasteiger partial charge in [0.15, 0.2) is 0 Å². The Bertz CT molecular complexity index is 1070. The number of hydrogen-bond donors (Lipinski definition) is 3. The molecule has 0 aromatic carbocycles. The lowest BCUT2D eigenvalue weighted by atomic mass is 10.1. The van der Waals surface area contributed by atoms with Gasteiger partial charge >= 0.3 is 0 Å². The molecule has 3 aromatic rings. The molecule has 1 aliphatic heterocycles. The molecule has 4 heterocycles. The van der Waals surface area contributed by atoms with Crippen molar-refractivity contribution in [2.24, 2.45) is 11.8 Å². The number of pyridine rings is 1. The summed E-state index contributed by atoms with van der Waals surface area (Å²) in [5.41, 5.74) is 8.75. The standard InChI is InChI=1S/C24H30N6/c1-14-16(3-8-23(26-14)30-12-17-9-18(17)13-30)10-19-4-5-20(27-19)11-25-22-7-6-21-15(2)28-29-24(21)22/h3-5,8,17-18,22,25,27H,6-7,9-13H2,1-2H3,(H,28,29)/t17?,18?,22-/m1/s1. The summed E-state index contributed by atoms with van der Waals surface area (Å²) in [5, 5.41) is 11.3. The molecular weight excluding hydrogens is 372 g/mol. The number of hydrogen-bond acceptors (Lipinski definition) is 4. The minimum Gasteiger partial charge on any atom is -0.361 e. The average Bonchev–Trinajstić information content (AvgIpc) is 3.19. The lowest BCUT2D eigenvalue weighted by Gasteiger charge is -2.20. The Labute approximate surface area is 177 Å². The fraction of sp³-hybridized carbons (Fsp3) is 0.500. The molecule has 3 atom stereocenters. The van der Waals surface area contributed by atoms with Gasteiger partial charge in [0.2, 0.25) is 0 Å². The molecule has 3 aromatic heterocycles. The number of H-pyrrole nitrogens is 2. The summed E-state index contributed by atoms with van der Waals surface area (Å²) < 4.78 is 0. The third-order valence-corrected chi connectivity index (χ3v) is 7.35. The second-order valence-electron chi connectivity index (χ2n) is 9.43. The first-order valence-corrected chi connectivity index (χ1v) is 11.3. The second-order valence-corrected chi connectivity index (χ2v) is 9.43. The number of fused-ring (bicyclic) bond motifs is 2. The average molecular weight is 403 g/mol. The van der Waals surface area contributed by atoms with Crippen LogP contribution in [0.1, 0.15) is 58.5 Å². The lowest BCUT2D eigenvalue weighted by Crippen LogP contribution is -2.23. The highest BCUT2D eigenvalue weighted by atomic mass is 15.2. The van der Waals surface area contributed by atoms with E-state index in [-0.39, 0.29) is 0 Å². The van der Waals surface area contributed by atoms with Gasteiger partial charge < -0.3 is 15.2 Å². The molecule has 6 nitrogen and oxygen atoms in total. The number of nitrogens with zero attached hydrogens (tertiary/aromatic N) is 3. The summed E-state index contributed by atoms with van der Waals surface area (Å²) in [5.74, 6) is 3.03. The Morgan fingerprint density at radius 1 is 1.07 bits per heavy atom. The number of anilines is 1. The molecule has 6 heteroatoms. The minimum absolute atomic E-state index is 0.378. The third-order valence-electron chi connectivity index (χ3n) is 7.35. The monoisotopic (exact) mass is 402 g/mol. The number of nitrogens with one attached hydrogen (secondary N) is 3. The van der Waals surface area contributed by atoms with Crippen LogP contribution in [-0.2, 0) is 19.4 Å². The molecule has 6 rings (SSSR count). The number of piperidine rings is 1. The molecule has 2 unspecified atom stereocenters. The zero-order chi connectivity index (χ0) is 20.2. The molecule has 2 fully saturated rings. The molecule has 2 aliphatic carbocycles. The summed E-state index contributed by atoms with van der Waals surface area (Å²) in [6, 6.07) is 9.26. The Morgan fingerprint density at radius 2 is 1.90 bits per heavy atom. The van der Waals surface area contributed by atoms with Crippen molar-refractivity contribution in [3.8, 4) is 0 Å². The maximum absolute atomic E-state index is 4.92. The Morgan fingerprint density at radius 3 is 2.73 bits per heavy atom. The van der Waals surface area contributed by atoms with Crippen molar-refractivity contribution in [3.63, 3.8) is 0 Å². The molecule has 0 radical (unpaired) electrons. The van der Waals surface area contributed by atoms with Crippen LogP contribution in [0.2, 0.25) is 0 Å². The zero-order valence-electron chi connectivity index (χ0n) is 17.8. The summed E-state index contributed by atoms with van der Waals surface area (Å²) in [6.07, 6.45) is 4.60. The van der Waals surface area contributed by atoms with Crippen LogP contribution < -0.4 is 10.2 Å². The van der Waals surface area contributed by atoms with Gasteiger partial charge in [-0.25, -0.2) is 4.98 Å². The van der Waals surface area contributed by atoms with Crippen molar-refractivity contribution >= 4 is 5.82 Å². The molecule has 0 amide bonds. The summed E-state index contributed by atoms with van der Waals surface area (Å²) in [6.45, 7) is 7.47. The number of aromatic nitrogens is 4. The Hall–Kier alpha value is -2.60. The fourth-order valence-electron chi connectivity index (χ4n) is 5.38. The highest BCUT2D eigenvalue weighted by Crippen LogP contribution is 2.46. The van der Waals surface area contributed by atoms with E-state index in [1.54, 1.807) is 0 Å². The number of rotatable bonds is 6. The maximum atomic E-state index is 4.92. The fourth-order valence-corrected chi connectivity index (χ4v) is 5.38. The van der Waals surface area contributed by atoms with Gasteiger partial charge in [0.1, 0.15) is 5.82 Å². The topological polar surface area (TPSA) is 72.6 Å². The quantitative estimate of drug-likeness (QED) is 0.589. The van der Waals surface area contributed by atoms with Crippen LogP contribution in [0.15, 0.2) is 24.3 Å². The summed E-state index contributed by atoms with van der Waals surface area (Å²) in [4.78, 5) is 11.0. The van der Waals surface area contributed by atoms with Crippen LogP contribution in [0, 0.1) is 25.7 Å². The van der Waals surface area contributed by atoms with Crippen LogP contribution in [-0.4, -0.2) is 33.3 Å². The molecular formula is C24H30N6. The molecule has 0 bridgehead atoms. The van der Waals surface area contributed by atoms with E-state index in [9.17, 15) is 0 Å². The van der Waals surface area contributed by atoms with Crippen LogP contribution in [0.5, 0.6) is 0 Å². The highest BCUT2D eigenvalue weighted by molar-refractivity contribution is 5.45. The predicted molar refractivity (Wildman–Crippen MR) is 118 cm³/mol. The first-order chi connectivity index (χ1) is 14.6. The van der Waals surface area contributed by atoms with Crippen LogP contribution in [0.25, 0.3) is 0 Å². The normalized spacial score (nSPS) is 24.3. The van der Waals surface area contributed by atoms with E-state index < -0.39 is 0 Å². The lowest BCUT2D eigenvalue weighted by molar-refractivity contribution is 0.512. The van der Waals surface area contributed by atoms with E-state index >= 15 is 0 Å². The van der Waals surface area contributed by atoms with E-state index in [0.717, 1.165) is 54.8 Å². The van der Waals surface area contributed by atoms with Gasteiger partial charge in [-0.05, 0) is 74.3 Å². The SMILES string of the molecule is Cc1nc(N2CC3CC3C2)ccc1Cc1ccc(CN[C@@H]2CCc3c(C)n[nH]c32)[nH]1. The van der Waals surface area contributed by atoms with Gasteiger partial charge in [-0.2, -0.15) is 5.10 Å². The van der Waals surface area contributed by atoms with Gasteiger partial charge in [-0.3, -0.25) is 5.10 Å². The zero-order valence-corrected chi connectivity index (χ0v) is 17.8. The molecule has 3 aliphatic rings. The summed E-state index contributed by atoms with van der Waals surface area (Å²) >= 11 is 0. The van der Waals surface area contributed by atoms with Gasteiger partial charge in [-0.1, -0.05) is 6.07 Å². The second kappa shape index (κ2) is 6.98. The minimum atomic E-state index is 0.378. The van der Waals surface area contributed by atoms with Crippen LogP contribution >= 0.6 is 0 Å². The van der Waals surface area contributed by atoms with Gasteiger partial charge in [0, 0.05) is 49.2 Å². The van der Waals surface area contributed by atoms with Crippen molar-refractivity contribution in [3.05, 3.63) is 63.9 Å². The van der Waals surface area contributed by atoms with Crippen molar-refractivity contribution in [2.75, 3.05) is 18.0 Å². The molecule has 156 valence electrons. The van der Waals surface area contributed by atoms with E-state index in [2.05, 4.69) is 63.5 Å². The van der Waals surface area contributed by atoms with Gasteiger partial charge in [-0.15, -0.1) is 0 Å².